The number of carbonyl (C=O) groups is 1. The van der Waals surface area contributed by atoms with Crippen molar-refractivity contribution in [2.45, 2.75) is 33.3 Å². The number of aliphatic hydroxyl groups excluding tert-OH is 1. The molecule has 3 nitrogen and oxygen atoms in total. The highest BCUT2D eigenvalue weighted by molar-refractivity contribution is 7.80. The van der Waals surface area contributed by atoms with E-state index in [4.69, 9.17) is 22.1 Å². The van der Waals surface area contributed by atoms with Crippen molar-refractivity contribution in [3.05, 3.63) is 0 Å². The van der Waals surface area contributed by atoms with Gasteiger partial charge in [-0.2, -0.15) is 0 Å². The molecular formula is C9H16O3S. The molecule has 2 unspecified atom stereocenters. The maximum atomic E-state index is 11.2. The van der Waals surface area contributed by atoms with Gasteiger partial charge in [0.05, 0.1) is 18.6 Å². The molecular weight excluding hydrogens is 188 g/mol. The third-order valence-corrected chi connectivity index (χ3v) is 2.34. The Morgan fingerprint density at radius 1 is 1.54 bits per heavy atom. The largest absolute Gasteiger partial charge is 0.465 e. The van der Waals surface area contributed by atoms with Crippen LogP contribution >= 0.6 is 12.2 Å². The molecule has 0 aliphatic rings. The van der Waals surface area contributed by atoms with Gasteiger partial charge in [-0.3, -0.25) is 4.79 Å². The highest BCUT2D eigenvalue weighted by Gasteiger charge is 2.21. The first kappa shape index (κ1) is 12.5. The van der Waals surface area contributed by atoms with Crippen LogP contribution in [0.1, 0.15) is 27.2 Å². The van der Waals surface area contributed by atoms with Gasteiger partial charge in [0.1, 0.15) is 0 Å². The summed E-state index contributed by atoms with van der Waals surface area (Å²) in [5.41, 5.74) is 0. The minimum atomic E-state index is -0.737. The molecule has 0 aromatic carbocycles. The zero-order valence-electron chi connectivity index (χ0n) is 8.24. The molecule has 0 aliphatic carbocycles. The lowest BCUT2D eigenvalue weighted by atomic mass is 10.0. The summed E-state index contributed by atoms with van der Waals surface area (Å²) in [5, 5.41) is 9.12. The van der Waals surface area contributed by atoms with Crippen molar-refractivity contribution in [2.75, 3.05) is 6.61 Å². The molecule has 0 rings (SSSR count). The van der Waals surface area contributed by atoms with Crippen LogP contribution in [-0.4, -0.2) is 28.7 Å². The average Bonchev–Trinajstić information content (AvgIpc) is 2.11. The molecule has 0 aromatic heterocycles. The predicted molar refractivity (Wildman–Crippen MR) is 54.7 cm³/mol. The molecule has 0 amide bonds. The Kier molecular flexibility index (Phi) is 5.82. The van der Waals surface area contributed by atoms with Crippen molar-refractivity contribution in [2.24, 2.45) is 5.92 Å². The summed E-state index contributed by atoms with van der Waals surface area (Å²) in [6.45, 7) is 5.52. The van der Waals surface area contributed by atoms with E-state index in [1.54, 1.807) is 13.8 Å². The second-order valence-electron chi connectivity index (χ2n) is 2.97. The van der Waals surface area contributed by atoms with E-state index in [2.05, 4.69) is 0 Å². The first-order chi connectivity index (χ1) is 6.00. The van der Waals surface area contributed by atoms with Crippen molar-refractivity contribution in [1.29, 1.82) is 0 Å². The molecule has 76 valence electrons. The minimum absolute atomic E-state index is 0.334. The Morgan fingerprint density at radius 2 is 2.08 bits per heavy atom. The Morgan fingerprint density at radius 3 is 2.46 bits per heavy atom. The third kappa shape index (κ3) is 4.33. The monoisotopic (exact) mass is 204 g/mol. The number of ether oxygens (including phenoxy) is 1. The molecule has 0 bridgehead atoms. The number of hydrogen-bond donors (Lipinski definition) is 1. The fraction of sp³-hybridized carbons (Fsp3) is 0.778. The normalized spacial score (nSPS) is 14.8. The lowest BCUT2D eigenvalue weighted by Gasteiger charge is -2.13. The molecule has 0 aliphatic heterocycles. The molecule has 0 saturated heterocycles. The topological polar surface area (TPSA) is 46.5 Å². The fourth-order valence-electron chi connectivity index (χ4n) is 0.806. The standard InChI is InChI=1S/C9H16O3S/c1-4-5-12-9(11)6(2)8(13)7(3)10/h6-7,10H,4-5H2,1-3H3. The maximum absolute atomic E-state index is 11.2. The highest BCUT2D eigenvalue weighted by Crippen LogP contribution is 2.06. The van der Waals surface area contributed by atoms with Gasteiger partial charge >= 0.3 is 5.97 Å². The molecule has 0 radical (unpaired) electrons. The highest BCUT2D eigenvalue weighted by atomic mass is 32.1. The van der Waals surface area contributed by atoms with Gasteiger partial charge in [-0.05, 0) is 20.3 Å². The molecule has 0 spiro atoms. The number of carbonyl (C=O) groups excluding carboxylic acids is 1. The summed E-state index contributed by atoms with van der Waals surface area (Å²) in [7, 11) is 0. The summed E-state index contributed by atoms with van der Waals surface area (Å²) in [6, 6.07) is 0. The SMILES string of the molecule is CCCOC(=O)C(C)C(=S)C(C)O. The van der Waals surface area contributed by atoms with Gasteiger partial charge in [0.2, 0.25) is 0 Å². The summed E-state index contributed by atoms with van der Waals surface area (Å²) >= 11 is 4.88. The summed E-state index contributed by atoms with van der Waals surface area (Å²) < 4.78 is 4.89. The van der Waals surface area contributed by atoms with Crippen LogP contribution in [0.4, 0.5) is 0 Å². The summed E-state index contributed by atoms with van der Waals surface area (Å²) in [5.74, 6) is -0.852. The van der Waals surface area contributed by atoms with E-state index < -0.39 is 12.0 Å². The van der Waals surface area contributed by atoms with Crippen molar-refractivity contribution < 1.29 is 14.6 Å². The first-order valence-corrected chi connectivity index (χ1v) is 4.80. The Bertz CT molecular complexity index is 189. The van der Waals surface area contributed by atoms with Crippen molar-refractivity contribution in [3.63, 3.8) is 0 Å². The van der Waals surface area contributed by atoms with Gasteiger partial charge in [-0.15, -0.1) is 0 Å². The van der Waals surface area contributed by atoms with Crippen LogP contribution < -0.4 is 0 Å². The zero-order chi connectivity index (χ0) is 10.4. The van der Waals surface area contributed by atoms with E-state index in [9.17, 15) is 4.79 Å². The number of aliphatic hydroxyl groups is 1. The van der Waals surface area contributed by atoms with Gasteiger partial charge < -0.3 is 9.84 Å². The zero-order valence-corrected chi connectivity index (χ0v) is 9.06. The number of thiocarbonyl (C=S) groups is 1. The predicted octanol–water partition coefficient (Wildman–Crippen LogP) is 1.33. The van der Waals surface area contributed by atoms with Crippen molar-refractivity contribution >= 4 is 23.1 Å². The number of esters is 1. The smallest absolute Gasteiger partial charge is 0.313 e. The average molecular weight is 204 g/mol. The molecule has 0 aromatic rings. The molecule has 4 heteroatoms. The molecule has 0 heterocycles. The van der Waals surface area contributed by atoms with Crippen molar-refractivity contribution in [3.8, 4) is 0 Å². The van der Waals surface area contributed by atoms with Crippen LogP contribution in [0.5, 0.6) is 0 Å². The molecule has 2 atom stereocenters. The van der Waals surface area contributed by atoms with E-state index in [1.165, 1.54) is 0 Å². The Labute approximate surface area is 84.1 Å². The van der Waals surface area contributed by atoms with Crippen molar-refractivity contribution in [1.82, 2.24) is 0 Å². The van der Waals surface area contributed by atoms with E-state index in [1.807, 2.05) is 6.92 Å². The Balaban J connectivity index is 4.02. The van der Waals surface area contributed by atoms with E-state index >= 15 is 0 Å². The molecule has 0 fully saturated rings. The molecule has 0 saturated carbocycles. The second kappa shape index (κ2) is 6.05. The molecule has 1 N–H and O–H groups in total. The lowest BCUT2D eigenvalue weighted by Crippen LogP contribution is -2.29. The summed E-state index contributed by atoms with van der Waals surface area (Å²) in [4.78, 5) is 11.6. The van der Waals surface area contributed by atoms with Gasteiger partial charge in [0, 0.05) is 4.86 Å². The Hall–Kier alpha value is -0.480. The van der Waals surface area contributed by atoms with Crippen LogP contribution in [-0.2, 0) is 9.53 Å². The van der Waals surface area contributed by atoms with Gasteiger partial charge in [0.25, 0.3) is 0 Å². The van der Waals surface area contributed by atoms with Gasteiger partial charge in [0.15, 0.2) is 0 Å². The van der Waals surface area contributed by atoms with E-state index in [0.29, 0.717) is 11.5 Å². The van der Waals surface area contributed by atoms with Crippen LogP contribution in [0.3, 0.4) is 0 Å². The maximum Gasteiger partial charge on any atom is 0.313 e. The lowest BCUT2D eigenvalue weighted by molar-refractivity contribution is -0.145. The first-order valence-electron chi connectivity index (χ1n) is 4.39. The van der Waals surface area contributed by atoms with Crippen LogP contribution in [0.2, 0.25) is 0 Å². The van der Waals surface area contributed by atoms with Gasteiger partial charge in [-0.1, -0.05) is 19.1 Å². The molecule has 13 heavy (non-hydrogen) atoms. The van der Waals surface area contributed by atoms with Gasteiger partial charge in [-0.25, -0.2) is 0 Å². The van der Waals surface area contributed by atoms with Crippen LogP contribution in [0.15, 0.2) is 0 Å². The number of rotatable bonds is 5. The van der Waals surface area contributed by atoms with E-state index in [-0.39, 0.29) is 5.97 Å². The van der Waals surface area contributed by atoms with Crippen LogP contribution in [0, 0.1) is 5.92 Å². The summed E-state index contributed by atoms with van der Waals surface area (Å²) in [6.07, 6.45) is 0.0547. The number of hydrogen-bond acceptors (Lipinski definition) is 4. The third-order valence-electron chi connectivity index (χ3n) is 1.64. The fourth-order valence-corrected chi connectivity index (χ4v) is 0.902. The van der Waals surface area contributed by atoms with Crippen LogP contribution in [0.25, 0.3) is 0 Å². The van der Waals surface area contributed by atoms with E-state index in [0.717, 1.165) is 6.42 Å². The quantitative estimate of drug-likeness (QED) is 0.542. The minimum Gasteiger partial charge on any atom is -0.465 e. The second-order valence-corrected chi connectivity index (χ2v) is 3.44.